The number of halogens is 1. The molecule has 0 bridgehead atoms. The lowest BCUT2D eigenvalue weighted by Gasteiger charge is -2.29. The van der Waals surface area contributed by atoms with Gasteiger partial charge in [-0.15, -0.1) is 0 Å². The van der Waals surface area contributed by atoms with E-state index in [9.17, 15) is 9.18 Å². The molecule has 0 saturated carbocycles. The molecule has 0 aliphatic rings. The Morgan fingerprint density at radius 1 is 1.44 bits per heavy atom. The van der Waals surface area contributed by atoms with Gasteiger partial charge in [0.1, 0.15) is 11.4 Å². The lowest BCUT2D eigenvalue weighted by Crippen LogP contribution is -2.44. The summed E-state index contributed by atoms with van der Waals surface area (Å²) in [5, 5.41) is 8.89. The molecule has 0 aromatic heterocycles. The highest BCUT2D eigenvalue weighted by atomic mass is 19.1. The van der Waals surface area contributed by atoms with E-state index in [1.54, 1.807) is 19.9 Å². The van der Waals surface area contributed by atoms with Crippen LogP contribution in [0.15, 0.2) is 24.3 Å². The maximum Gasteiger partial charge on any atom is 0.257 e. The number of hydrogen-bond donors (Lipinski definition) is 0. The van der Waals surface area contributed by atoms with E-state index in [-0.39, 0.29) is 5.56 Å². The Morgan fingerprint density at radius 3 is 2.50 bits per heavy atom. The molecule has 1 rings (SSSR count). The van der Waals surface area contributed by atoms with E-state index < -0.39 is 17.3 Å². The lowest BCUT2D eigenvalue weighted by molar-refractivity contribution is 0.0693. The largest absolute Gasteiger partial charge is 0.323 e. The van der Waals surface area contributed by atoms with Crippen LogP contribution in [0.3, 0.4) is 0 Å². The third kappa shape index (κ3) is 2.19. The van der Waals surface area contributed by atoms with E-state index in [2.05, 4.69) is 0 Å². The van der Waals surface area contributed by atoms with E-state index in [0.29, 0.717) is 0 Å². The Morgan fingerprint density at radius 2 is 2.00 bits per heavy atom. The van der Waals surface area contributed by atoms with Gasteiger partial charge in [-0.1, -0.05) is 12.1 Å². The number of rotatable bonds is 2. The lowest BCUT2D eigenvalue weighted by atomic mass is 10.0. The van der Waals surface area contributed by atoms with E-state index in [1.807, 2.05) is 6.07 Å². The summed E-state index contributed by atoms with van der Waals surface area (Å²) in [7, 11) is 1.48. The molecule has 0 N–H and O–H groups in total. The molecular formula is C12H13FN2O. The van der Waals surface area contributed by atoms with Crippen LogP contribution < -0.4 is 0 Å². The number of carbonyl (C=O) groups excluding carboxylic acids is 1. The normalized spacial score (nSPS) is 10.7. The van der Waals surface area contributed by atoms with Crippen LogP contribution in [0.4, 0.5) is 4.39 Å². The van der Waals surface area contributed by atoms with E-state index in [1.165, 1.54) is 30.1 Å². The van der Waals surface area contributed by atoms with Crippen molar-refractivity contribution in [3.05, 3.63) is 35.6 Å². The van der Waals surface area contributed by atoms with Crippen molar-refractivity contribution in [1.29, 1.82) is 5.26 Å². The second kappa shape index (κ2) is 4.31. The van der Waals surface area contributed by atoms with Gasteiger partial charge in [-0.3, -0.25) is 4.79 Å². The Labute approximate surface area is 94.1 Å². The zero-order valence-corrected chi connectivity index (χ0v) is 9.49. The Bertz CT molecular complexity index is 449. The van der Waals surface area contributed by atoms with Crippen molar-refractivity contribution >= 4 is 5.91 Å². The molecule has 0 spiro atoms. The third-order valence-corrected chi connectivity index (χ3v) is 2.52. The standard InChI is InChI=1S/C12H13FN2O/c1-12(2,8-14)15(3)11(16)9-6-4-5-7-10(9)13/h4-7H,1-3H3. The van der Waals surface area contributed by atoms with E-state index >= 15 is 0 Å². The molecule has 0 atom stereocenters. The van der Waals surface area contributed by atoms with Crippen molar-refractivity contribution < 1.29 is 9.18 Å². The second-order valence-corrected chi connectivity index (χ2v) is 4.01. The van der Waals surface area contributed by atoms with Gasteiger partial charge < -0.3 is 4.90 Å². The molecule has 1 aromatic rings. The zero-order valence-electron chi connectivity index (χ0n) is 9.49. The van der Waals surface area contributed by atoms with Crippen molar-refractivity contribution in [3.8, 4) is 6.07 Å². The van der Waals surface area contributed by atoms with Gasteiger partial charge in [0.05, 0.1) is 11.6 Å². The summed E-state index contributed by atoms with van der Waals surface area (Å²) in [5.74, 6) is -1.07. The number of amides is 1. The summed E-state index contributed by atoms with van der Waals surface area (Å²) in [6.07, 6.45) is 0. The van der Waals surface area contributed by atoms with Crippen molar-refractivity contribution in [2.45, 2.75) is 19.4 Å². The van der Waals surface area contributed by atoms with Crippen LogP contribution in [0.2, 0.25) is 0 Å². The van der Waals surface area contributed by atoms with Crippen LogP contribution in [0, 0.1) is 17.1 Å². The number of carbonyl (C=O) groups is 1. The van der Waals surface area contributed by atoms with Crippen LogP contribution in [-0.2, 0) is 0 Å². The average molecular weight is 220 g/mol. The number of nitriles is 1. The van der Waals surface area contributed by atoms with Crippen molar-refractivity contribution in [2.24, 2.45) is 0 Å². The fraction of sp³-hybridized carbons (Fsp3) is 0.333. The highest BCUT2D eigenvalue weighted by molar-refractivity contribution is 5.95. The van der Waals surface area contributed by atoms with Crippen LogP contribution >= 0.6 is 0 Å². The van der Waals surface area contributed by atoms with E-state index in [0.717, 1.165) is 0 Å². The smallest absolute Gasteiger partial charge is 0.257 e. The first-order valence-electron chi connectivity index (χ1n) is 4.84. The molecular weight excluding hydrogens is 207 g/mol. The molecule has 84 valence electrons. The van der Waals surface area contributed by atoms with Crippen LogP contribution in [-0.4, -0.2) is 23.4 Å². The zero-order chi connectivity index (χ0) is 12.3. The molecule has 1 aromatic carbocycles. The van der Waals surface area contributed by atoms with Gasteiger partial charge in [-0.05, 0) is 26.0 Å². The Hall–Kier alpha value is -1.89. The summed E-state index contributed by atoms with van der Waals surface area (Å²) in [4.78, 5) is 13.1. The third-order valence-electron chi connectivity index (χ3n) is 2.52. The van der Waals surface area contributed by atoms with Crippen molar-refractivity contribution in [3.63, 3.8) is 0 Å². The summed E-state index contributed by atoms with van der Waals surface area (Å²) in [6.45, 7) is 3.21. The van der Waals surface area contributed by atoms with Crippen LogP contribution in [0.5, 0.6) is 0 Å². The minimum absolute atomic E-state index is 0.0201. The monoisotopic (exact) mass is 220 g/mol. The number of hydrogen-bond acceptors (Lipinski definition) is 2. The average Bonchev–Trinajstić information content (AvgIpc) is 2.27. The topological polar surface area (TPSA) is 44.1 Å². The highest BCUT2D eigenvalue weighted by Crippen LogP contribution is 2.16. The molecule has 0 heterocycles. The summed E-state index contributed by atoms with van der Waals surface area (Å²) < 4.78 is 13.4. The maximum atomic E-state index is 13.4. The minimum atomic E-state index is -0.959. The number of nitrogens with zero attached hydrogens (tertiary/aromatic N) is 2. The van der Waals surface area contributed by atoms with Crippen molar-refractivity contribution in [2.75, 3.05) is 7.05 Å². The maximum absolute atomic E-state index is 13.4. The fourth-order valence-electron chi connectivity index (χ4n) is 1.14. The molecule has 0 aliphatic carbocycles. The molecule has 16 heavy (non-hydrogen) atoms. The molecule has 1 amide bonds. The first kappa shape index (κ1) is 12.2. The molecule has 0 aliphatic heterocycles. The predicted molar refractivity (Wildman–Crippen MR) is 58.2 cm³/mol. The molecule has 4 heteroatoms. The molecule has 0 fully saturated rings. The van der Waals surface area contributed by atoms with Gasteiger partial charge in [-0.25, -0.2) is 4.39 Å². The van der Waals surface area contributed by atoms with Gasteiger partial charge in [0.25, 0.3) is 5.91 Å². The van der Waals surface area contributed by atoms with E-state index in [4.69, 9.17) is 5.26 Å². The first-order chi connectivity index (χ1) is 7.40. The second-order valence-electron chi connectivity index (χ2n) is 4.01. The van der Waals surface area contributed by atoms with Gasteiger partial charge in [0.15, 0.2) is 0 Å². The fourth-order valence-corrected chi connectivity index (χ4v) is 1.14. The van der Waals surface area contributed by atoms with Gasteiger partial charge in [0, 0.05) is 7.05 Å². The molecule has 0 saturated heterocycles. The molecule has 0 radical (unpaired) electrons. The summed E-state index contributed by atoms with van der Waals surface area (Å²) in [6, 6.07) is 7.72. The van der Waals surface area contributed by atoms with Crippen LogP contribution in [0.1, 0.15) is 24.2 Å². The molecule has 0 unspecified atom stereocenters. The summed E-state index contributed by atoms with van der Waals surface area (Å²) >= 11 is 0. The predicted octanol–water partition coefficient (Wildman–Crippen LogP) is 2.20. The Balaban J connectivity index is 3.06. The SMILES string of the molecule is CN(C(=O)c1ccccc1F)C(C)(C)C#N. The van der Waals surface area contributed by atoms with Gasteiger partial charge in [-0.2, -0.15) is 5.26 Å². The minimum Gasteiger partial charge on any atom is -0.323 e. The van der Waals surface area contributed by atoms with Gasteiger partial charge in [0.2, 0.25) is 0 Å². The van der Waals surface area contributed by atoms with Gasteiger partial charge >= 0.3 is 0 Å². The first-order valence-corrected chi connectivity index (χ1v) is 4.84. The van der Waals surface area contributed by atoms with Crippen LogP contribution in [0.25, 0.3) is 0 Å². The van der Waals surface area contributed by atoms with Crippen molar-refractivity contribution in [1.82, 2.24) is 4.90 Å². The Kier molecular flexibility index (Phi) is 3.28. The molecule has 3 nitrogen and oxygen atoms in total. The highest BCUT2D eigenvalue weighted by Gasteiger charge is 2.29. The quantitative estimate of drug-likeness (QED) is 0.766. The summed E-state index contributed by atoms with van der Waals surface area (Å²) in [5.41, 5.74) is -0.979. The number of benzene rings is 1.